The Kier molecular flexibility index (Phi) is 3.10. The Morgan fingerprint density at radius 3 is 2.67 bits per heavy atom. The van der Waals surface area contributed by atoms with Gasteiger partial charge in [0.15, 0.2) is 5.69 Å². The average molecular weight is 219 g/mol. The van der Waals surface area contributed by atoms with E-state index in [4.69, 9.17) is 10.8 Å². The van der Waals surface area contributed by atoms with Gasteiger partial charge in [-0.25, -0.2) is 13.8 Å². The lowest BCUT2D eigenvalue weighted by molar-refractivity contribution is -0.387. The van der Waals surface area contributed by atoms with Crippen molar-refractivity contribution in [2.45, 2.75) is 13.0 Å². The van der Waals surface area contributed by atoms with Crippen LogP contribution in [0.4, 0.5) is 14.5 Å². The van der Waals surface area contributed by atoms with Crippen molar-refractivity contribution >= 4 is 5.69 Å². The molecule has 0 bridgehead atoms. The lowest BCUT2D eigenvalue weighted by Gasteiger charge is -2.06. The molecular formula is C7H7F2N3O3. The Balaban J connectivity index is 3.49. The minimum Gasteiger partial charge on any atom is -0.506 e. The number of aromatic nitrogens is 1. The average Bonchev–Trinajstić information content (AvgIpc) is 2.16. The molecular weight excluding hydrogens is 212 g/mol. The van der Waals surface area contributed by atoms with E-state index in [-0.39, 0.29) is 5.56 Å². The van der Waals surface area contributed by atoms with E-state index in [1.54, 1.807) is 0 Å². The number of pyridine rings is 1. The van der Waals surface area contributed by atoms with Crippen molar-refractivity contribution in [3.05, 3.63) is 27.6 Å². The van der Waals surface area contributed by atoms with Crippen LogP contribution in [0, 0.1) is 10.1 Å². The van der Waals surface area contributed by atoms with Crippen LogP contribution in [-0.2, 0) is 6.54 Å². The van der Waals surface area contributed by atoms with Gasteiger partial charge in [-0.15, -0.1) is 0 Å². The largest absolute Gasteiger partial charge is 0.506 e. The predicted molar refractivity (Wildman–Crippen MR) is 45.4 cm³/mol. The Hall–Kier alpha value is -1.83. The lowest BCUT2D eigenvalue weighted by atomic mass is 10.1. The van der Waals surface area contributed by atoms with Crippen LogP contribution in [0.1, 0.15) is 17.7 Å². The number of rotatable bonds is 3. The summed E-state index contributed by atoms with van der Waals surface area (Å²) in [5.41, 5.74) is 2.87. The zero-order valence-electron chi connectivity index (χ0n) is 7.35. The molecule has 0 saturated heterocycles. The molecule has 8 heteroatoms. The highest BCUT2D eigenvalue weighted by Gasteiger charge is 2.28. The number of nitrogens with zero attached hydrogens (tertiary/aromatic N) is 2. The minimum absolute atomic E-state index is 0.342. The molecule has 1 rings (SSSR count). The highest BCUT2D eigenvalue weighted by Crippen LogP contribution is 2.34. The molecule has 1 aromatic heterocycles. The summed E-state index contributed by atoms with van der Waals surface area (Å²) in [5.74, 6) is -0.561. The van der Waals surface area contributed by atoms with Gasteiger partial charge in [-0.3, -0.25) is 10.1 Å². The molecule has 0 aromatic carbocycles. The zero-order valence-corrected chi connectivity index (χ0v) is 7.35. The first-order chi connectivity index (χ1) is 6.99. The fraction of sp³-hybridized carbons (Fsp3) is 0.286. The maximum atomic E-state index is 12.3. The van der Waals surface area contributed by atoms with Gasteiger partial charge in [-0.1, -0.05) is 0 Å². The molecule has 6 nitrogen and oxygen atoms in total. The van der Waals surface area contributed by atoms with Gasteiger partial charge in [0.1, 0.15) is 5.75 Å². The van der Waals surface area contributed by atoms with Crippen LogP contribution in [0.2, 0.25) is 0 Å². The predicted octanol–water partition coefficient (Wildman–Crippen LogP) is 1.09. The fourth-order valence-corrected chi connectivity index (χ4v) is 1.11. The Morgan fingerprint density at radius 2 is 2.27 bits per heavy atom. The molecule has 0 aliphatic carbocycles. The third-order valence-corrected chi connectivity index (χ3v) is 1.76. The Bertz CT molecular complexity index is 397. The SMILES string of the molecule is NCc1c(O)cnc(C(F)F)c1[N+](=O)[O-]. The third-order valence-electron chi connectivity index (χ3n) is 1.76. The summed E-state index contributed by atoms with van der Waals surface area (Å²) < 4.78 is 24.7. The van der Waals surface area contributed by atoms with Crippen molar-refractivity contribution in [3.8, 4) is 5.75 Å². The molecule has 0 spiro atoms. The first-order valence-corrected chi connectivity index (χ1v) is 3.82. The molecule has 0 amide bonds. The molecule has 0 aliphatic rings. The third kappa shape index (κ3) is 1.99. The molecule has 0 saturated carbocycles. The highest BCUT2D eigenvalue weighted by atomic mass is 19.3. The van der Waals surface area contributed by atoms with Gasteiger partial charge in [-0.2, -0.15) is 0 Å². The monoisotopic (exact) mass is 219 g/mol. The van der Waals surface area contributed by atoms with E-state index in [2.05, 4.69) is 4.98 Å². The summed E-state index contributed by atoms with van der Waals surface area (Å²) in [6.45, 7) is -0.412. The molecule has 0 atom stereocenters. The van der Waals surface area contributed by atoms with Gasteiger partial charge in [0.25, 0.3) is 6.43 Å². The summed E-state index contributed by atoms with van der Waals surface area (Å²) in [7, 11) is 0. The molecule has 82 valence electrons. The molecule has 1 heterocycles. The van der Waals surface area contributed by atoms with Crippen molar-refractivity contribution < 1.29 is 18.8 Å². The molecule has 1 aromatic rings. The van der Waals surface area contributed by atoms with Gasteiger partial charge in [0.05, 0.1) is 16.7 Å². The summed E-state index contributed by atoms with van der Waals surface area (Å²) in [5, 5.41) is 19.7. The molecule has 15 heavy (non-hydrogen) atoms. The van der Waals surface area contributed by atoms with Crippen LogP contribution in [0.15, 0.2) is 6.20 Å². The van der Waals surface area contributed by atoms with E-state index < -0.39 is 35.0 Å². The summed E-state index contributed by atoms with van der Waals surface area (Å²) >= 11 is 0. The second-order valence-corrected chi connectivity index (χ2v) is 2.62. The summed E-state index contributed by atoms with van der Waals surface area (Å²) in [4.78, 5) is 12.6. The topological polar surface area (TPSA) is 102 Å². The lowest BCUT2D eigenvalue weighted by Crippen LogP contribution is -2.07. The van der Waals surface area contributed by atoms with E-state index in [0.29, 0.717) is 0 Å². The van der Waals surface area contributed by atoms with E-state index in [1.807, 2.05) is 0 Å². The normalized spacial score (nSPS) is 10.7. The number of aromatic hydroxyl groups is 1. The van der Waals surface area contributed by atoms with Gasteiger partial charge >= 0.3 is 5.69 Å². The van der Waals surface area contributed by atoms with Gasteiger partial charge in [-0.05, 0) is 0 Å². The number of halogens is 2. The van der Waals surface area contributed by atoms with E-state index in [1.165, 1.54) is 0 Å². The summed E-state index contributed by atoms with van der Waals surface area (Å²) in [6, 6.07) is 0. The minimum atomic E-state index is -3.09. The van der Waals surface area contributed by atoms with E-state index in [9.17, 15) is 18.9 Å². The van der Waals surface area contributed by atoms with Crippen LogP contribution in [0.3, 0.4) is 0 Å². The Labute approximate surface area is 82.5 Å². The molecule has 0 aliphatic heterocycles. The number of alkyl halides is 2. The quantitative estimate of drug-likeness (QED) is 0.585. The highest BCUT2D eigenvalue weighted by molar-refractivity contribution is 5.51. The van der Waals surface area contributed by atoms with Crippen LogP contribution < -0.4 is 5.73 Å². The number of nitrogens with two attached hydrogens (primary N) is 1. The number of hydrogen-bond donors (Lipinski definition) is 2. The molecule has 3 N–H and O–H groups in total. The summed E-state index contributed by atoms with van der Waals surface area (Å²) in [6.07, 6.45) is -2.37. The van der Waals surface area contributed by atoms with Crippen molar-refractivity contribution in [2.75, 3.05) is 0 Å². The Morgan fingerprint density at radius 1 is 1.67 bits per heavy atom. The molecule has 0 radical (unpaired) electrons. The maximum absolute atomic E-state index is 12.3. The maximum Gasteiger partial charge on any atom is 0.304 e. The fourth-order valence-electron chi connectivity index (χ4n) is 1.11. The number of hydrogen-bond acceptors (Lipinski definition) is 5. The standard InChI is InChI=1S/C7H7F2N3O3/c8-7(9)5-6(12(14)15)3(1-10)4(13)2-11-5/h2,7,13H,1,10H2. The van der Waals surface area contributed by atoms with Crippen molar-refractivity contribution in [2.24, 2.45) is 5.73 Å². The first kappa shape index (κ1) is 11.2. The van der Waals surface area contributed by atoms with E-state index >= 15 is 0 Å². The van der Waals surface area contributed by atoms with Gasteiger partial charge < -0.3 is 10.8 Å². The first-order valence-electron chi connectivity index (χ1n) is 3.82. The van der Waals surface area contributed by atoms with Crippen molar-refractivity contribution in [1.29, 1.82) is 0 Å². The van der Waals surface area contributed by atoms with Crippen LogP contribution in [0.5, 0.6) is 5.75 Å². The van der Waals surface area contributed by atoms with Crippen LogP contribution in [0.25, 0.3) is 0 Å². The zero-order chi connectivity index (χ0) is 11.6. The van der Waals surface area contributed by atoms with Gasteiger partial charge in [0.2, 0.25) is 0 Å². The van der Waals surface area contributed by atoms with Crippen LogP contribution >= 0.6 is 0 Å². The second-order valence-electron chi connectivity index (χ2n) is 2.62. The van der Waals surface area contributed by atoms with Crippen LogP contribution in [-0.4, -0.2) is 15.0 Å². The van der Waals surface area contributed by atoms with Crippen molar-refractivity contribution in [3.63, 3.8) is 0 Å². The van der Waals surface area contributed by atoms with Crippen molar-refractivity contribution in [1.82, 2.24) is 4.98 Å². The van der Waals surface area contributed by atoms with Gasteiger partial charge in [0, 0.05) is 6.54 Å². The van der Waals surface area contributed by atoms with E-state index in [0.717, 1.165) is 6.20 Å². The number of nitro groups is 1. The molecule has 0 fully saturated rings. The molecule has 0 unspecified atom stereocenters. The second kappa shape index (κ2) is 4.13. The smallest absolute Gasteiger partial charge is 0.304 e.